The molecule has 0 N–H and O–H groups in total. The second kappa shape index (κ2) is 3.61. The van der Waals surface area contributed by atoms with E-state index in [-0.39, 0.29) is 0 Å². The highest BCUT2D eigenvalue weighted by atomic mass is 79.9. The van der Waals surface area contributed by atoms with Crippen LogP contribution in [0.25, 0.3) is 10.9 Å². The molecule has 3 nitrogen and oxygen atoms in total. The molecule has 0 amide bonds. The Labute approximate surface area is 90.8 Å². The van der Waals surface area contributed by atoms with Crippen molar-refractivity contribution in [2.45, 2.75) is 5.33 Å². The Balaban J connectivity index is 2.79. The van der Waals surface area contributed by atoms with Gasteiger partial charge in [-0.1, -0.05) is 28.1 Å². The predicted octanol–water partition coefficient (Wildman–Crippen LogP) is 2.48. The molecule has 1 heterocycles. The number of methoxy groups -OCH3 is 1. The molecule has 74 valence electrons. The molecule has 14 heavy (non-hydrogen) atoms. The van der Waals surface area contributed by atoms with Crippen LogP contribution >= 0.6 is 15.9 Å². The number of alkyl halides is 1. The van der Waals surface area contributed by atoms with Gasteiger partial charge in [0.1, 0.15) is 11.3 Å². The van der Waals surface area contributed by atoms with E-state index >= 15 is 0 Å². The standard InChI is InChI=1S/C10H11BrN2O/c1-13-8(6-11)7-4-3-5-9(14-2)10(7)12-13/h3-5H,6H2,1-2H3. The Morgan fingerprint density at radius 1 is 1.50 bits per heavy atom. The third kappa shape index (κ3) is 1.30. The summed E-state index contributed by atoms with van der Waals surface area (Å²) in [6.45, 7) is 0. The first kappa shape index (κ1) is 9.52. The van der Waals surface area contributed by atoms with Gasteiger partial charge in [-0.3, -0.25) is 4.68 Å². The molecule has 0 saturated heterocycles. The fourth-order valence-electron chi connectivity index (χ4n) is 1.57. The zero-order valence-electron chi connectivity index (χ0n) is 8.12. The van der Waals surface area contributed by atoms with Gasteiger partial charge in [-0.15, -0.1) is 0 Å². The van der Waals surface area contributed by atoms with E-state index < -0.39 is 0 Å². The zero-order chi connectivity index (χ0) is 10.1. The SMILES string of the molecule is COc1cccc2c(CBr)n(C)nc12. The fourth-order valence-corrected chi connectivity index (χ4v) is 2.23. The van der Waals surface area contributed by atoms with Gasteiger partial charge in [0.2, 0.25) is 0 Å². The lowest BCUT2D eigenvalue weighted by Crippen LogP contribution is -1.94. The van der Waals surface area contributed by atoms with Crippen molar-refractivity contribution < 1.29 is 4.74 Å². The second-order valence-electron chi connectivity index (χ2n) is 3.06. The molecule has 0 aliphatic carbocycles. The molecule has 0 bridgehead atoms. The largest absolute Gasteiger partial charge is 0.494 e. The number of halogens is 1. The average Bonchev–Trinajstić information content (AvgIpc) is 2.52. The van der Waals surface area contributed by atoms with E-state index in [1.165, 1.54) is 5.69 Å². The lowest BCUT2D eigenvalue weighted by molar-refractivity contribution is 0.418. The number of ether oxygens (including phenoxy) is 1. The Morgan fingerprint density at radius 2 is 2.29 bits per heavy atom. The zero-order valence-corrected chi connectivity index (χ0v) is 9.71. The average molecular weight is 255 g/mol. The van der Waals surface area contributed by atoms with Crippen molar-refractivity contribution in [2.24, 2.45) is 7.05 Å². The first-order valence-electron chi connectivity index (χ1n) is 4.32. The molecular formula is C10H11BrN2O. The van der Waals surface area contributed by atoms with Gasteiger partial charge in [0, 0.05) is 17.8 Å². The van der Waals surface area contributed by atoms with Gasteiger partial charge in [-0.2, -0.15) is 5.10 Å². The molecule has 0 saturated carbocycles. The van der Waals surface area contributed by atoms with Crippen LogP contribution in [0.2, 0.25) is 0 Å². The van der Waals surface area contributed by atoms with Gasteiger partial charge in [0.15, 0.2) is 0 Å². The molecular weight excluding hydrogens is 244 g/mol. The first-order valence-corrected chi connectivity index (χ1v) is 5.44. The molecule has 0 radical (unpaired) electrons. The summed E-state index contributed by atoms with van der Waals surface area (Å²) in [6, 6.07) is 5.96. The van der Waals surface area contributed by atoms with E-state index in [0.29, 0.717) is 0 Å². The lowest BCUT2D eigenvalue weighted by atomic mass is 10.2. The number of rotatable bonds is 2. The number of fused-ring (bicyclic) bond motifs is 1. The Kier molecular flexibility index (Phi) is 2.46. The summed E-state index contributed by atoms with van der Waals surface area (Å²) in [5.74, 6) is 0.824. The van der Waals surface area contributed by atoms with Crippen molar-refractivity contribution >= 4 is 26.8 Å². The van der Waals surface area contributed by atoms with Crippen LogP contribution in [-0.2, 0) is 12.4 Å². The molecule has 0 aliphatic heterocycles. The van der Waals surface area contributed by atoms with Crippen LogP contribution in [0.1, 0.15) is 5.69 Å². The van der Waals surface area contributed by atoms with Gasteiger partial charge < -0.3 is 4.74 Å². The van der Waals surface area contributed by atoms with E-state index in [9.17, 15) is 0 Å². The molecule has 1 aromatic heterocycles. The number of aromatic nitrogens is 2. The van der Waals surface area contributed by atoms with Crippen molar-refractivity contribution in [1.82, 2.24) is 9.78 Å². The summed E-state index contributed by atoms with van der Waals surface area (Å²) < 4.78 is 7.13. The summed E-state index contributed by atoms with van der Waals surface area (Å²) in [7, 11) is 3.60. The van der Waals surface area contributed by atoms with Crippen molar-refractivity contribution in [3.8, 4) is 5.75 Å². The summed E-state index contributed by atoms with van der Waals surface area (Å²) >= 11 is 3.45. The van der Waals surface area contributed by atoms with Crippen LogP contribution in [0.5, 0.6) is 5.75 Å². The van der Waals surface area contributed by atoms with E-state index in [2.05, 4.69) is 27.1 Å². The van der Waals surface area contributed by atoms with Crippen LogP contribution in [0.4, 0.5) is 0 Å². The molecule has 2 aromatic rings. The number of benzene rings is 1. The Hall–Kier alpha value is -1.03. The molecule has 0 spiro atoms. The number of nitrogens with zero attached hydrogens (tertiary/aromatic N) is 2. The van der Waals surface area contributed by atoms with E-state index in [4.69, 9.17) is 4.74 Å². The minimum absolute atomic E-state index is 0.799. The van der Waals surface area contributed by atoms with Gasteiger partial charge in [0.05, 0.1) is 12.8 Å². The number of hydrogen-bond acceptors (Lipinski definition) is 2. The highest BCUT2D eigenvalue weighted by molar-refractivity contribution is 9.08. The quantitative estimate of drug-likeness (QED) is 0.771. The predicted molar refractivity (Wildman–Crippen MR) is 59.9 cm³/mol. The van der Waals surface area contributed by atoms with Crippen LogP contribution in [-0.4, -0.2) is 16.9 Å². The maximum Gasteiger partial charge on any atom is 0.146 e. The minimum atomic E-state index is 0.799. The Bertz CT molecular complexity index is 464. The summed E-state index contributed by atoms with van der Waals surface area (Å²) in [4.78, 5) is 0. The lowest BCUT2D eigenvalue weighted by Gasteiger charge is -1.98. The molecule has 1 aromatic carbocycles. The maximum atomic E-state index is 5.25. The monoisotopic (exact) mass is 254 g/mol. The van der Waals surface area contributed by atoms with Gasteiger partial charge in [0.25, 0.3) is 0 Å². The summed E-state index contributed by atoms with van der Waals surface area (Å²) in [6.07, 6.45) is 0. The number of aryl methyl sites for hydroxylation is 1. The van der Waals surface area contributed by atoms with Gasteiger partial charge in [-0.05, 0) is 6.07 Å². The maximum absolute atomic E-state index is 5.25. The summed E-state index contributed by atoms with van der Waals surface area (Å²) in [5.41, 5.74) is 2.09. The molecule has 0 unspecified atom stereocenters. The molecule has 0 aliphatic rings. The topological polar surface area (TPSA) is 27.1 Å². The fraction of sp³-hybridized carbons (Fsp3) is 0.300. The van der Waals surface area contributed by atoms with Crippen LogP contribution in [0.3, 0.4) is 0 Å². The van der Waals surface area contributed by atoms with Gasteiger partial charge >= 0.3 is 0 Å². The van der Waals surface area contributed by atoms with E-state index in [0.717, 1.165) is 22.0 Å². The summed E-state index contributed by atoms with van der Waals surface area (Å²) in [5, 5.41) is 6.36. The van der Waals surface area contributed by atoms with Crippen molar-refractivity contribution in [2.75, 3.05) is 7.11 Å². The molecule has 4 heteroatoms. The van der Waals surface area contributed by atoms with Crippen LogP contribution in [0, 0.1) is 0 Å². The van der Waals surface area contributed by atoms with Crippen molar-refractivity contribution in [1.29, 1.82) is 0 Å². The van der Waals surface area contributed by atoms with Gasteiger partial charge in [-0.25, -0.2) is 0 Å². The molecule has 0 fully saturated rings. The third-order valence-electron chi connectivity index (χ3n) is 2.30. The first-order chi connectivity index (χ1) is 6.77. The Morgan fingerprint density at radius 3 is 2.93 bits per heavy atom. The third-order valence-corrected chi connectivity index (χ3v) is 2.83. The molecule has 0 atom stereocenters. The van der Waals surface area contributed by atoms with E-state index in [1.54, 1.807) is 7.11 Å². The normalized spacial score (nSPS) is 10.8. The smallest absolute Gasteiger partial charge is 0.146 e. The second-order valence-corrected chi connectivity index (χ2v) is 3.62. The number of hydrogen-bond donors (Lipinski definition) is 0. The highest BCUT2D eigenvalue weighted by Crippen LogP contribution is 2.27. The van der Waals surface area contributed by atoms with E-state index in [1.807, 2.05) is 23.9 Å². The van der Waals surface area contributed by atoms with Crippen LogP contribution < -0.4 is 4.74 Å². The highest BCUT2D eigenvalue weighted by Gasteiger charge is 2.10. The minimum Gasteiger partial charge on any atom is -0.494 e. The molecule has 2 rings (SSSR count). The van der Waals surface area contributed by atoms with Crippen molar-refractivity contribution in [3.63, 3.8) is 0 Å². The van der Waals surface area contributed by atoms with Crippen molar-refractivity contribution in [3.05, 3.63) is 23.9 Å². The van der Waals surface area contributed by atoms with Crippen LogP contribution in [0.15, 0.2) is 18.2 Å².